The normalized spacial score (nSPS) is 11.9. The summed E-state index contributed by atoms with van der Waals surface area (Å²) in [6, 6.07) is 0. The van der Waals surface area contributed by atoms with E-state index in [0.29, 0.717) is 19.3 Å². The fourth-order valence-corrected chi connectivity index (χ4v) is 8.45. The predicted octanol–water partition coefficient (Wildman–Crippen LogP) is 18.0. The highest BCUT2D eigenvalue weighted by molar-refractivity contribution is 5.71. The van der Waals surface area contributed by atoms with Crippen molar-refractivity contribution in [3.63, 3.8) is 0 Å². The Morgan fingerprint density at radius 1 is 0.262 bits per heavy atom. The molecule has 61 heavy (non-hydrogen) atoms. The summed E-state index contributed by atoms with van der Waals surface area (Å²) >= 11 is 0. The van der Waals surface area contributed by atoms with E-state index in [9.17, 15) is 14.4 Å². The molecule has 0 spiro atoms. The number of hydrogen-bond donors (Lipinski definition) is 0. The highest BCUT2D eigenvalue weighted by atomic mass is 16.6. The molecule has 0 N–H and O–H groups in total. The second kappa shape index (κ2) is 51.0. The second-order valence-electron chi connectivity index (χ2n) is 18.9. The van der Waals surface area contributed by atoms with Gasteiger partial charge in [-0.05, 0) is 19.3 Å². The SMILES string of the molecule is CCCCCCCCCCCCCCCCCCCCCC(=O)O[C@H](COC(=O)CCCCCCCCCCC)COC(=O)CCCCCCCCCCCCCCCCC. The molecule has 0 heterocycles. The first-order valence-corrected chi connectivity index (χ1v) is 27.5. The Labute approximate surface area is 380 Å². The van der Waals surface area contributed by atoms with Crippen molar-refractivity contribution in [2.75, 3.05) is 13.2 Å². The molecule has 0 amide bonds. The van der Waals surface area contributed by atoms with Gasteiger partial charge in [0.25, 0.3) is 0 Å². The molecule has 0 fully saturated rings. The number of carbonyl (C=O) groups is 3. The third kappa shape index (κ3) is 49.3. The fourth-order valence-electron chi connectivity index (χ4n) is 8.45. The van der Waals surface area contributed by atoms with Gasteiger partial charge in [-0.15, -0.1) is 0 Å². The van der Waals surface area contributed by atoms with Crippen molar-refractivity contribution in [1.29, 1.82) is 0 Å². The molecule has 0 aromatic carbocycles. The number of carbonyl (C=O) groups excluding carboxylic acids is 3. The van der Waals surface area contributed by atoms with Crippen molar-refractivity contribution < 1.29 is 28.6 Å². The summed E-state index contributed by atoms with van der Waals surface area (Å²) in [5, 5.41) is 0. The van der Waals surface area contributed by atoms with Gasteiger partial charge in [-0.1, -0.05) is 278 Å². The number of rotatable bonds is 51. The molecule has 0 aliphatic heterocycles. The first kappa shape index (κ1) is 59.4. The molecular formula is C55H106O6. The lowest BCUT2D eigenvalue weighted by molar-refractivity contribution is -0.167. The molecular weight excluding hydrogens is 757 g/mol. The van der Waals surface area contributed by atoms with E-state index in [-0.39, 0.29) is 31.1 Å². The molecule has 0 aromatic rings. The zero-order valence-electron chi connectivity index (χ0n) is 41.5. The predicted molar refractivity (Wildman–Crippen MR) is 261 cm³/mol. The Morgan fingerprint density at radius 3 is 0.656 bits per heavy atom. The number of hydrogen-bond acceptors (Lipinski definition) is 6. The topological polar surface area (TPSA) is 78.9 Å². The van der Waals surface area contributed by atoms with Crippen molar-refractivity contribution >= 4 is 17.9 Å². The minimum absolute atomic E-state index is 0.0617. The minimum atomic E-state index is -0.759. The van der Waals surface area contributed by atoms with Crippen molar-refractivity contribution in [2.45, 2.75) is 322 Å². The summed E-state index contributed by atoms with van der Waals surface area (Å²) in [6.45, 7) is 6.68. The fraction of sp³-hybridized carbons (Fsp3) is 0.945. The molecule has 0 aromatic heterocycles. The van der Waals surface area contributed by atoms with Crippen LogP contribution in [0, 0.1) is 0 Å². The van der Waals surface area contributed by atoms with Crippen LogP contribution in [0.4, 0.5) is 0 Å². The van der Waals surface area contributed by atoms with Crippen LogP contribution in [0.3, 0.4) is 0 Å². The Kier molecular flexibility index (Phi) is 49.7. The van der Waals surface area contributed by atoms with Gasteiger partial charge in [-0.2, -0.15) is 0 Å². The van der Waals surface area contributed by atoms with E-state index in [4.69, 9.17) is 14.2 Å². The van der Waals surface area contributed by atoms with E-state index in [1.165, 1.54) is 218 Å². The highest BCUT2D eigenvalue weighted by Crippen LogP contribution is 2.17. The van der Waals surface area contributed by atoms with Crippen LogP contribution in [0.1, 0.15) is 316 Å². The van der Waals surface area contributed by atoms with Gasteiger partial charge in [0, 0.05) is 19.3 Å². The molecule has 1 atom stereocenters. The molecule has 6 nitrogen and oxygen atoms in total. The van der Waals surface area contributed by atoms with Gasteiger partial charge < -0.3 is 14.2 Å². The first-order chi connectivity index (χ1) is 30.0. The summed E-state index contributed by atoms with van der Waals surface area (Å²) in [6.07, 6.45) is 55.2. The Bertz CT molecular complexity index is 905. The van der Waals surface area contributed by atoms with Crippen LogP contribution >= 0.6 is 0 Å². The Morgan fingerprint density at radius 2 is 0.443 bits per heavy atom. The lowest BCUT2D eigenvalue weighted by Crippen LogP contribution is -2.30. The molecule has 0 saturated carbocycles. The highest BCUT2D eigenvalue weighted by Gasteiger charge is 2.19. The van der Waals surface area contributed by atoms with Gasteiger partial charge in [-0.3, -0.25) is 14.4 Å². The summed E-state index contributed by atoms with van der Waals surface area (Å²) < 4.78 is 16.8. The third-order valence-corrected chi connectivity index (χ3v) is 12.6. The van der Waals surface area contributed by atoms with Crippen LogP contribution in [0.2, 0.25) is 0 Å². The zero-order chi connectivity index (χ0) is 44.4. The number of ether oxygens (including phenoxy) is 3. The van der Waals surface area contributed by atoms with Gasteiger partial charge in [-0.25, -0.2) is 0 Å². The van der Waals surface area contributed by atoms with Gasteiger partial charge in [0.2, 0.25) is 0 Å². The molecule has 0 radical (unpaired) electrons. The smallest absolute Gasteiger partial charge is 0.306 e. The van der Waals surface area contributed by atoms with Crippen LogP contribution in [0.25, 0.3) is 0 Å². The van der Waals surface area contributed by atoms with E-state index < -0.39 is 6.10 Å². The number of esters is 3. The van der Waals surface area contributed by atoms with Crippen LogP contribution < -0.4 is 0 Å². The average molecular weight is 863 g/mol. The monoisotopic (exact) mass is 863 g/mol. The van der Waals surface area contributed by atoms with Crippen LogP contribution in [0.5, 0.6) is 0 Å². The van der Waals surface area contributed by atoms with Crippen molar-refractivity contribution in [3.8, 4) is 0 Å². The van der Waals surface area contributed by atoms with Crippen molar-refractivity contribution in [2.24, 2.45) is 0 Å². The Balaban J connectivity index is 4.22. The molecule has 0 aliphatic rings. The Hall–Kier alpha value is -1.59. The maximum Gasteiger partial charge on any atom is 0.306 e. The van der Waals surface area contributed by atoms with Crippen molar-refractivity contribution in [3.05, 3.63) is 0 Å². The van der Waals surface area contributed by atoms with E-state index in [1.54, 1.807) is 0 Å². The van der Waals surface area contributed by atoms with Gasteiger partial charge in [0.05, 0.1) is 0 Å². The zero-order valence-corrected chi connectivity index (χ0v) is 41.5. The van der Waals surface area contributed by atoms with Crippen LogP contribution in [0.15, 0.2) is 0 Å². The number of unbranched alkanes of at least 4 members (excludes halogenated alkanes) is 40. The molecule has 6 heteroatoms. The van der Waals surface area contributed by atoms with E-state index in [1.807, 2.05) is 0 Å². The quantitative estimate of drug-likeness (QED) is 0.0344. The summed E-state index contributed by atoms with van der Waals surface area (Å²) in [5.41, 5.74) is 0. The standard InChI is InChI=1S/C55H106O6/c1-4-7-10-13-16-19-21-23-25-26-27-28-30-32-34-37-40-43-46-49-55(58)61-52(50-59-53(56)47-44-41-38-35-18-15-12-9-6-3)51-60-54(57)48-45-42-39-36-33-31-29-24-22-20-17-14-11-8-5-2/h52H,4-51H2,1-3H3/t52-/m1/s1. The van der Waals surface area contributed by atoms with Crippen LogP contribution in [-0.4, -0.2) is 37.2 Å². The second-order valence-corrected chi connectivity index (χ2v) is 18.9. The van der Waals surface area contributed by atoms with E-state index in [0.717, 1.165) is 57.8 Å². The molecule has 0 rings (SSSR count). The lowest BCUT2D eigenvalue weighted by Gasteiger charge is -2.18. The van der Waals surface area contributed by atoms with Crippen LogP contribution in [-0.2, 0) is 28.6 Å². The van der Waals surface area contributed by atoms with Gasteiger partial charge >= 0.3 is 17.9 Å². The van der Waals surface area contributed by atoms with E-state index in [2.05, 4.69) is 20.8 Å². The lowest BCUT2D eigenvalue weighted by atomic mass is 10.0. The summed E-state index contributed by atoms with van der Waals surface area (Å²) in [5.74, 6) is -0.840. The largest absolute Gasteiger partial charge is 0.462 e. The van der Waals surface area contributed by atoms with Gasteiger partial charge in [0.1, 0.15) is 13.2 Å². The average Bonchev–Trinajstić information content (AvgIpc) is 3.26. The van der Waals surface area contributed by atoms with Crippen molar-refractivity contribution in [1.82, 2.24) is 0 Å². The molecule has 362 valence electrons. The summed E-state index contributed by atoms with van der Waals surface area (Å²) in [7, 11) is 0. The third-order valence-electron chi connectivity index (χ3n) is 12.6. The molecule has 0 saturated heterocycles. The molecule has 0 bridgehead atoms. The first-order valence-electron chi connectivity index (χ1n) is 27.5. The maximum atomic E-state index is 12.8. The van der Waals surface area contributed by atoms with E-state index >= 15 is 0 Å². The maximum absolute atomic E-state index is 12.8. The van der Waals surface area contributed by atoms with Gasteiger partial charge in [0.15, 0.2) is 6.10 Å². The minimum Gasteiger partial charge on any atom is -0.462 e. The summed E-state index contributed by atoms with van der Waals surface area (Å²) in [4.78, 5) is 37.9. The molecule has 0 unspecified atom stereocenters. The molecule has 0 aliphatic carbocycles.